The molecule has 3 heterocycles. The molecular weight excluding hydrogens is 415 g/mol. The van der Waals surface area contributed by atoms with Gasteiger partial charge >= 0.3 is 6.18 Å². The second-order valence-corrected chi connectivity index (χ2v) is 7.16. The number of aliphatic hydroxyl groups excluding tert-OH is 1. The molecule has 0 spiro atoms. The molecule has 2 N–H and O–H groups in total. The van der Waals surface area contributed by atoms with E-state index in [4.69, 9.17) is 4.74 Å². The Morgan fingerprint density at radius 2 is 2.13 bits per heavy atom. The van der Waals surface area contributed by atoms with Gasteiger partial charge in [-0.2, -0.15) is 18.3 Å². The van der Waals surface area contributed by atoms with Gasteiger partial charge in [0.15, 0.2) is 0 Å². The number of hydrogen-bond donors (Lipinski definition) is 2. The molecule has 0 unspecified atom stereocenters. The van der Waals surface area contributed by atoms with Gasteiger partial charge in [-0.1, -0.05) is 0 Å². The number of ether oxygens (including phenoxy) is 1. The highest BCUT2D eigenvalue weighted by Gasteiger charge is 2.27. The number of halogens is 3. The van der Waals surface area contributed by atoms with Crippen molar-refractivity contribution in [2.45, 2.75) is 39.1 Å². The van der Waals surface area contributed by atoms with E-state index in [1.807, 2.05) is 0 Å². The molecule has 0 fully saturated rings. The number of nitrogens with one attached hydrogen (secondary N) is 1. The maximum atomic E-state index is 12.3. The average Bonchev–Trinajstić information content (AvgIpc) is 3.09. The topological polar surface area (TPSA) is 102 Å². The monoisotopic (exact) mass is 437 g/mol. The Morgan fingerprint density at radius 3 is 2.81 bits per heavy atom. The number of nitrogens with zero attached hydrogens (tertiary/aromatic N) is 4. The van der Waals surface area contributed by atoms with Gasteiger partial charge in [0.25, 0.3) is 5.91 Å². The molecule has 1 amide bonds. The normalized spacial score (nSPS) is 12.7. The van der Waals surface area contributed by atoms with Gasteiger partial charge in [-0.25, -0.2) is 4.98 Å². The van der Waals surface area contributed by atoms with Gasteiger partial charge < -0.3 is 15.2 Å². The number of amides is 1. The second kappa shape index (κ2) is 9.29. The first-order valence-corrected chi connectivity index (χ1v) is 9.56. The number of aryl methyl sites for hydroxylation is 1. The predicted molar refractivity (Wildman–Crippen MR) is 106 cm³/mol. The standard InChI is InChI=1S/C20H22F3N5O3/c1-12-7-14(9-26-19(12)31-6-4-20(21,22)23)10-28-11-15-16(27-28)3-5-24-17(15)18(30)25-8-13(2)29/h3,5,7,9,11,13,29H,4,6,8,10H2,1-2H3,(H,25,30)/t13-/m1/s1. The molecular formula is C20H22F3N5O3. The first-order valence-electron chi connectivity index (χ1n) is 9.56. The van der Waals surface area contributed by atoms with Crippen molar-refractivity contribution in [2.24, 2.45) is 0 Å². The molecule has 166 valence electrons. The van der Waals surface area contributed by atoms with E-state index in [1.54, 1.807) is 36.9 Å². The van der Waals surface area contributed by atoms with Crippen LogP contribution >= 0.6 is 0 Å². The van der Waals surface area contributed by atoms with Crippen LogP contribution in [0.2, 0.25) is 0 Å². The van der Waals surface area contributed by atoms with Crippen molar-refractivity contribution in [3.05, 3.63) is 47.5 Å². The van der Waals surface area contributed by atoms with Crippen molar-refractivity contribution >= 4 is 16.8 Å². The molecule has 8 nitrogen and oxygen atoms in total. The van der Waals surface area contributed by atoms with E-state index in [1.165, 1.54) is 12.4 Å². The molecule has 3 rings (SSSR count). The molecule has 3 aromatic rings. The van der Waals surface area contributed by atoms with Crippen LogP contribution in [0.1, 0.15) is 35.0 Å². The number of carbonyl (C=O) groups excluding carboxylic acids is 1. The summed E-state index contributed by atoms with van der Waals surface area (Å²) in [4.78, 5) is 20.6. The minimum absolute atomic E-state index is 0.105. The summed E-state index contributed by atoms with van der Waals surface area (Å²) >= 11 is 0. The summed E-state index contributed by atoms with van der Waals surface area (Å²) in [6.45, 7) is 3.21. The van der Waals surface area contributed by atoms with Crippen LogP contribution in [0.4, 0.5) is 13.2 Å². The van der Waals surface area contributed by atoms with E-state index in [9.17, 15) is 23.1 Å². The molecule has 1 atom stereocenters. The van der Waals surface area contributed by atoms with Crippen molar-refractivity contribution in [3.63, 3.8) is 0 Å². The van der Waals surface area contributed by atoms with E-state index in [0.29, 0.717) is 23.0 Å². The number of hydrogen-bond acceptors (Lipinski definition) is 6. The zero-order valence-electron chi connectivity index (χ0n) is 17.0. The number of alkyl halides is 3. The summed E-state index contributed by atoms with van der Waals surface area (Å²) in [6, 6.07) is 3.44. The third-order valence-corrected chi connectivity index (χ3v) is 4.31. The highest BCUT2D eigenvalue weighted by Crippen LogP contribution is 2.22. The van der Waals surface area contributed by atoms with Crippen LogP contribution in [0.15, 0.2) is 30.7 Å². The van der Waals surface area contributed by atoms with Gasteiger partial charge in [0.2, 0.25) is 5.88 Å². The fourth-order valence-corrected chi connectivity index (χ4v) is 2.89. The lowest BCUT2D eigenvalue weighted by Crippen LogP contribution is -2.31. The predicted octanol–water partition coefficient (Wildman–Crippen LogP) is 2.62. The lowest BCUT2D eigenvalue weighted by atomic mass is 10.2. The molecule has 0 saturated carbocycles. The minimum atomic E-state index is -4.28. The van der Waals surface area contributed by atoms with Crippen LogP contribution in [0.3, 0.4) is 0 Å². The van der Waals surface area contributed by atoms with Crippen molar-refractivity contribution < 1.29 is 27.8 Å². The lowest BCUT2D eigenvalue weighted by molar-refractivity contribution is -0.139. The third-order valence-electron chi connectivity index (χ3n) is 4.31. The lowest BCUT2D eigenvalue weighted by Gasteiger charge is -2.11. The Hall–Kier alpha value is -3.21. The van der Waals surface area contributed by atoms with Crippen LogP contribution < -0.4 is 10.1 Å². The molecule has 3 aromatic heterocycles. The Balaban J connectivity index is 1.72. The molecule has 0 aliphatic heterocycles. The smallest absolute Gasteiger partial charge is 0.392 e. The first kappa shape index (κ1) is 22.5. The Labute approximate surface area is 176 Å². The number of fused-ring (bicyclic) bond motifs is 1. The molecule has 0 aromatic carbocycles. The van der Waals surface area contributed by atoms with Gasteiger partial charge in [-0.3, -0.25) is 14.5 Å². The molecule has 0 aliphatic carbocycles. The van der Waals surface area contributed by atoms with Gasteiger partial charge in [0.05, 0.1) is 36.6 Å². The summed E-state index contributed by atoms with van der Waals surface area (Å²) in [5, 5.41) is 16.9. The number of rotatable bonds is 8. The van der Waals surface area contributed by atoms with Crippen molar-refractivity contribution in [1.29, 1.82) is 0 Å². The maximum absolute atomic E-state index is 12.3. The van der Waals surface area contributed by atoms with E-state index in [0.717, 1.165) is 5.56 Å². The van der Waals surface area contributed by atoms with Crippen molar-refractivity contribution in [3.8, 4) is 5.88 Å². The quantitative estimate of drug-likeness (QED) is 0.562. The summed E-state index contributed by atoms with van der Waals surface area (Å²) in [7, 11) is 0. The third kappa shape index (κ3) is 6.14. The van der Waals surface area contributed by atoms with Crippen LogP contribution in [-0.2, 0) is 6.54 Å². The summed E-state index contributed by atoms with van der Waals surface area (Å²) < 4.78 is 43.5. The summed E-state index contributed by atoms with van der Waals surface area (Å²) in [5.41, 5.74) is 2.15. The van der Waals surface area contributed by atoms with Crippen LogP contribution in [0, 0.1) is 6.92 Å². The second-order valence-electron chi connectivity index (χ2n) is 7.16. The van der Waals surface area contributed by atoms with Gasteiger partial charge in [-0.15, -0.1) is 0 Å². The van der Waals surface area contributed by atoms with Crippen molar-refractivity contribution in [2.75, 3.05) is 13.2 Å². The van der Waals surface area contributed by atoms with E-state index in [2.05, 4.69) is 20.4 Å². The molecule has 0 radical (unpaired) electrons. The molecule has 31 heavy (non-hydrogen) atoms. The van der Waals surface area contributed by atoms with Gasteiger partial charge in [0.1, 0.15) is 5.69 Å². The summed E-state index contributed by atoms with van der Waals surface area (Å²) in [6.07, 6.45) is -1.33. The van der Waals surface area contributed by atoms with Crippen molar-refractivity contribution in [1.82, 2.24) is 25.1 Å². The number of carbonyl (C=O) groups is 1. The largest absolute Gasteiger partial charge is 0.477 e. The fraction of sp³-hybridized carbons (Fsp3) is 0.400. The van der Waals surface area contributed by atoms with Gasteiger partial charge in [-0.05, 0) is 31.5 Å². The maximum Gasteiger partial charge on any atom is 0.392 e. The van der Waals surface area contributed by atoms with E-state index < -0.39 is 31.2 Å². The Morgan fingerprint density at radius 1 is 1.35 bits per heavy atom. The van der Waals surface area contributed by atoms with E-state index >= 15 is 0 Å². The number of pyridine rings is 2. The molecule has 0 saturated heterocycles. The highest BCUT2D eigenvalue weighted by molar-refractivity contribution is 6.04. The Kier molecular flexibility index (Phi) is 6.74. The van der Waals surface area contributed by atoms with Crippen LogP contribution in [0.5, 0.6) is 5.88 Å². The zero-order valence-corrected chi connectivity index (χ0v) is 17.0. The first-order chi connectivity index (χ1) is 14.6. The molecule has 0 bridgehead atoms. The highest BCUT2D eigenvalue weighted by atomic mass is 19.4. The van der Waals surface area contributed by atoms with Gasteiger partial charge in [0, 0.05) is 30.7 Å². The number of aromatic nitrogens is 4. The Bertz CT molecular complexity index is 1070. The molecule has 0 aliphatic rings. The van der Waals surface area contributed by atoms with E-state index in [-0.39, 0.29) is 18.1 Å². The van der Waals surface area contributed by atoms with Crippen LogP contribution in [0.25, 0.3) is 10.9 Å². The molecule has 11 heteroatoms. The summed E-state index contributed by atoms with van der Waals surface area (Å²) in [5.74, 6) is -0.260. The number of aliphatic hydroxyl groups is 1. The zero-order chi connectivity index (χ0) is 22.6. The average molecular weight is 437 g/mol. The fourth-order valence-electron chi connectivity index (χ4n) is 2.89. The minimum Gasteiger partial charge on any atom is -0.477 e. The van der Waals surface area contributed by atoms with Crippen LogP contribution in [-0.4, -0.2) is 56.2 Å². The SMILES string of the molecule is Cc1cc(Cn2cc3c(C(=O)NC[C@@H](C)O)nccc3n2)cnc1OCCC(F)(F)F.